The Labute approximate surface area is 210 Å². The summed E-state index contributed by atoms with van der Waals surface area (Å²) in [6.07, 6.45) is 0.894. The van der Waals surface area contributed by atoms with Crippen LogP contribution in [0.4, 0.5) is 0 Å². The van der Waals surface area contributed by atoms with Crippen molar-refractivity contribution in [1.29, 1.82) is 0 Å². The topological polar surface area (TPSA) is 89.2 Å². The number of ketones is 1. The van der Waals surface area contributed by atoms with E-state index in [0.717, 1.165) is 12.0 Å². The summed E-state index contributed by atoms with van der Waals surface area (Å²) in [6, 6.07) is 17.1. The summed E-state index contributed by atoms with van der Waals surface area (Å²) in [7, 11) is 1.54. The third kappa shape index (κ3) is 5.15. The van der Waals surface area contributed by atoms with Gasteiger partial charge < -0.3 is 23.9 Å². The van der Waals surface area contributed by atoms with Crippen LogP contribution in [-0.4, -0.2) is 35.4 Å². The molecule has 1 atom stereocenters. The number of aliphatic hydroxyl groups excluding tert-OH is 1. The maximum absolute atomic E-state index is 13.5. The second-order valence-corrected chi connectivity index (χ2v) is 9.26. The predicted octanol–water partition coefficient (Wildman–Crippen LogP) is 5.80. The lowest BCUT2D eigenvalue weighted by Gasteiger charge is -2.27. The van der Waals surface area contributed by atoms with Crippen molar-refractivity contribution < 1.29 is 28.6 Å². The van der Waals surface area contributed by atoms with E-state index in [0.29, 0.717) is 35.3 Å². The minimum Gasteiger partial charge on any atom is -0.503 e. The minimum atomic E-state index is -0.839. The standard InChI is InChI=1S/C29H31NO6/c1-18(2)14-15-35-22-13-11-21(16-24(22)34-4)26-25(27(31)23-12-10-19(3)36-23)28(32)29(33)30(26)17-20-8-6-5-7-9-20/h5-13,16,18,26,32H,14-15,17H2,1-4H3. The van der Waals surface area contributed by atoms with Crippen LogP contribution in [0.1, 0.15) is 53.8 Å². The molecular formula is C29H31NO6. The largest absolute Gasteiger partial charge is 0.503 e. The maximum Gasteiger partial charge on any atom is 0.290 e. The number of Topliss-reactive ketones (excluding diaryl/α,β-unsaturated/α-hetero) is 1. The van der Waals surface area contributed by atoms with Crippen molar-refractivity contribution in [2.75, 3.05) is 13.7 Å². The van der Waals surface area contributed by atoms with E-state index in [1.807, 2.05) is 30.3 Å². The molecule has 0 saturated carbocycles. The third-order valence-corrected chi connectivity index (χ3v) is 6.16. The van der Waals surface area contributed by atoms with Crippen LogP contribution in [0.3, 0.4) is 0 Å². The van der Waals surface area contributed by atoms with Crippen molar-refractivity contribution in [3.05, 3.63) is 94.6 Å². The third-order valence-electron chi connectivity index (χ3n) is 6.16. The molecule has 2 aromatic carbocycles. The number of benzene rings is 2. The Bertz CT molecular complexity index is 1270. The lowest BCUT2D eigenvalue weighted by Crippen LogP contribution is -2.30. The Balaban J connectivity index is 1.75. The van der Waals surface area contributed by atoms with Crippen LogP contribution in [0.5, 0.6) is 11.5 Å². The number of aliphatic hydroxyl groups is 1. The first-order chi connectivity index (χ1) is 17.3. The molecule has 1 unspecified atom stereocenters. The summed E-state index contributed by atoms with van der Waals surface area (Å²) in [5.41, 5.74) is 1.45. The van der Waals surface area contributed by atoms with Crippen LogP contribution in [0, 0.1) is 12.8 Å². The molecule has 188 valence electrons. The quantitative estimate of drug-likeness (QED) is 0.362. The van der Waals surface area contributed by atoms with E-state index >= 15 is 0 Å². The molecular weight excluding hydrogens is 458 g/mol. The second-order valence-electron chi connectivity index (χ2n) is 9.26. The number of aryl methyl sites for hydroxylation is 1. The number of carbonyl (C=O) groups excluding carboxylic acids is 2. The molecule has 0 fully saturated rings. The summed E-state index contributed by atoms with van der Waals surface area (Å²) in [4.78, 5) is 28.2. The summed E-state index contributed by atoms with van der Waals surface area (Å²) in [5, 5.41) is 10.9. The normalized spacial score (nSPS) is 15.6. The lowest BCUT2D eigenvalue weighted by atomic mass is 9.94. The van der Waals surface area contributed by atoms with Crippen LogP contribution in [0.2, 0.25) is 0 Å². The Morgan fingerprint density at radius 2 is 1.83 bits per heavy atom. The zero-order valence-corrected chi connectivity index (χ0v) is 21.0. The number of amides is 1. The zero-order valence-electron chi connectivity index (χ0n) is 21.0. The first kappa shape index (κ1) is 25.1. The van der Waals surface area contributed by atoms with Gasteiger partial charge in [0, 0.05) is 6.54 Å². The number of methoxy groups -OCH3 is 1. The highest BCUT2D eigenvalue weighted by atomic mass is 16.5. The average Bonchev–Trinajstić information content (AvgIpc) is 3.41. The fraction of sp³-hybridized carbons (Fsp3) is 0.310. The number of rotatable bonds is 10. The zero-order chi connectivity index (χ0) is 25.8. The fourth-order valence-corrected chi connectivity index (χ4v) is 4.24. The lowest BCUT2D eigenvalue weighted by molar-refractivity contribution is -0.130. The number of furan rings is 1. The van der Waals surface area contributed by atoms with E-state index in [-0.39, 0.29) is 17.9 Å². The van der Waals surface area contributed by atoms with Gasteiger partial charge in [-0.25, -0.2) is 0 Å². The van der Waals surface area contributed by atoms with Gasteiger partial charge in [0.05, 0.1) is 25.3 Å². The van der Waals surface area contributed by atoms with Crippen molar-refractivity contribution in [2.45, 2.75) is 39.8 Å². The summed E-state index contributed by atoms with van der Waals surface area (Å²) in [5.74, 6) is 0.444. The molecule has 36 heavy (non-hydrogen) atoms. The van der Waals surface area contributed by atoms with E-state index < -0.39 is 23.5 Å². The number of carbonyl (C=O) groups is 2. The van der Waals surface area contributed by atoms with Crippen molar-refractivity contribution in [2.24, 2.45) is 5.92 Å². The molecule has 2 heterocycles. The molecule has 7 nitrogen and oxygen atoms in total. The highest BCUT2D eigenvalue weighted by Gasteiger charge is 2.44. The molecule has 3 aromatic rings. The van der Waals surface area contributed by atoms with E-state index in [1.165, 1.54) is 4.90 Å². The van der Waals surface area contributed by atoms with Gasteiger partial charge in [-0.3, -0.25) is 9.59 Å². The van der Waals surface area contributed by atoms with Gasteiger partial charge in [0.25, 0.3) is 5.91 Å². The monoisotopic (exact) mass is 489 g/mol. The first-order valence-electron chi connectivity index (χ1n) is 12.0. The van der Waals surface area contributed by atoms with Crippen molar-refractivity contribution in [3.63, 3.8) is 0 Å². The molecule has 1 amide bonds. The van der Waals surface area contributed by atoms with Gasteiger partial charge in [0.15, 0.2) is 23.0 Å². The maximum atomic E-state index is 13.5. The van der Waals surface area contributed by atoms with Crippen molar-refractivity contribution in [1.82, 2.24) is 4.90 Å². The molecule has 7 heteroatoms. The molecule has 4 rings (SSSR count). The van der Waals surface area contributed by atoms with Gasteiger partial charge in [0.1, 0.15) is 5.76 Å². The molecule has 1 aromatic heterocycles. The summed E-state index contributed by atoms with van der Waals surface area (Å²) in [6.45, 7) is 6.72. The number of ether oxygens (including phenoxy) is 2. The van der Waals surface area contributed by atoms with Gasteiger partial charge >= 0.3 is 0 Å². The molecule has 0 spiro atoms. The smallest absolute Gasteiger partial charge is 0.290 e. The van der Waals surface area contributed by atoms with Gasteiger partial charge in [-0.05, 0) is 54.7 Å². The van der Waals surface area contributed by atoms with Gasteiger partial charge in [-0.1, -0.05) is 50.2 Å². The van der Waals surface area contributed by atoms with Crippen molar-refractivity contribution >= 4 is 11.7 Å². The summed E-state index contributed by atoms with van der Waals surface area (Å²) < 4.78 is 17.0. The number of hydrogen-bond acceptors (Lipinski definition) is 6. The number of nitrogens with zero attached hydrogens (tertiary/aromatic N) is 1. The van der Waals surface area contributed by atoms with Gasteiger partial charge in [-0.2, -0.15) is 0 Å². The Morgan fingerprint density at radius 1 is 1.08 bits per heavy atom. The molecule has 1 aliphatic rings. The van der Waals surface area contributed by atoms with Crippen molar-refractivity contribution in [3.8, 4) is 11.5 Å². The van der Waals surface area contributed by atoms with Gasteiger partial charge in [-0.15, -0.1) is 0 Å². The van der Waals surface area contributed by atoms with Crippen LogP contribution < -0.4 is 9.47 Å². The van der Waals surface area contributed by atoms with E-state index in [9.17, 15) is 14.7 Å². The van der Waals surface area contributed by atoms with Gasteiger partial charge in [0.2, 0.25) is 5.78 Å². The van der Waals surface area contributed by atoms with E-state index in [2.05, 4.69) is 13.8 Å². The molecule has 0 bridgehead atoms. The van der Waals surface area contributed by atoms with E-state index in [4.69, 9.17) is 13.9 Å². The number of hydrogen-bond donors (Lipinski definition) is 1. The summed E-state index contributed by atoms with van der Waals surface area (Å²) >= 11 is 0. The SMILES string of the molecule is COc1cc(C2C(C(=O)c3ccc(C)o3)=C(O)C(=O)N2Cc2ccccc2)ccc1OCCC(C)C. The average molecular weight is 490 g/mol. The molecule has 1 aliphatic heterocycles. The fourth-order valence-electron chi connectivity index (χ4n) is 4.24. The highest BCUT2D eigenvalue weighted by molar-refractivity contribution is 6.15. The second kappa shape index (κ2) is 10.7. The predicted molar refractivity (Wildman–Crippen MR) is 135 cm³/mol. The van der Waals surface area contributed by atoms with Crippen LogP contribution in [0.25, 0.3) is 0 Å². The Hall–Kier alpha value is -4.00. The minimum absolute atomic E-state index is 0.0270. The molecule has 1 N–H and O–H groups in total. The Kier molecular flexibility index (Phi) is 7.48. The Morgan fingerprint density at radius 3 is 2.47 bits per heavy atom. The van der Waals surface area contributed by atoms with Crippen LogP contribution in [0.15, 0.2) is 76.4 Å². The molecule has 0 radical (unpaired) electrons. The first-order valence-corrected chi connectivity index (χ1v) is 12.0. The molecule has 0 aliphatic carbocycles. The molecule has 0 saturated heterocycles. The highest BCUT2D eigenvalue weighted by Crippen LogP contribution is 2.42. The van der Waals surface area contributed by atoms with Crippen LogP contribution >= 0.6 is 0 Å². The van der Waals surface area contributed by atoms with Crippen LogP contribution in [-0.2, 0) is 11.3 Å². The van der Waals surface area contributed by atoms with E-state index in [1.54, 1.807) is 44.4 Å².